The Kier molecular flexibility index (Phi) is 5.86. The van der Waals surface area contributed by atoms with Crippen LogP contribution < -0.4 is 4.74 Å². The van der Waals surface area contributed by atoms with E-state index in [1.165, 1.54) is 16.2 Å². The van der Waals surface area contributed by atoms with Crippen molar-refractivity contribution in [3.05, 3.63) is 87.4 Å². The molecule has 31 heavy (non-hydrogen) atoms. The summed E-state index contributed by atoms with van der Waals surface area (Å²) in [6.45, 7) is 4.51. The molecule has 0 radical (unpaired) electrons. The van der Waals surface area contributed by atoms with Crippen LogP contribution in [0.4, 0.5) is 0 Å². The van der Waals surface area contributed by atoms with Gasteiger partial charge in [-0.1, -0.05) is 18.2 Å². The van der Waals surface area contributed by atoms with Crippen LogP contribution in [0.15, 0.2) is 65.8 Å². The normalized spacial score (nSPS) is 17.9. The molecule has 1 aliphatic rings. The number of ether oxygens (including phenoxy) is 1. The topological polar surface area (TPSA) is 79.7 Å². The number of thiophene rings is 1. The predicted molar refractivity (Wildman–Crippen MR) is 119 cm³/mol. The summed E-state index contributed by atoms with van der Waals surface area (Å²) in [5.41, 5.74) is 2.29. The molecule has 2 aromatic heterocycles. The monoisotopic (exact) mass is 434 g/mol. The zero-order valence-corrected chi connectivity index (χ0v) is 18.1. The van der Waals surface area contributed by atoms with Crippen LogP contribution in [0, 0.1) is 6.92 Å². The lowest BCUT2D eigenvalue weighted by atomic mass is 9.98. The van der Waals surface area contributed by atoms with Gasteiger partial charge in [0.1, 0.15) is 17.6 Å². The number of aliphatic hydroxyl groups excluding tert-OH is 1. The minimum Gasteiger partial charge on any atom is -0.507 e. The number of nitrogens with zero attached hydrogens (tertiary/aromatic N) is 2. The second-order valence-electron chi connectivity index (χ2n) is 7.22. The van der Waals surface area contributed by atoms with Crippen molar-refractivity contribution in [3.8, 4) is 5.75 Å². The first-order chi connectivity index (χ1) is 15.0. The molecule has 0 spiro atoms. The second kappa shape index (κ2) is 8.73. The molecule has 1 aromatic carbocycles. The Bertz CT molecular complexity index is 1150. The second-order valence-corrected chi connectivity index (χ2v) is 8.16. The minimum absolute atomic E-state index is 0.0908. The number of pyridine rings is 1. The number of amides is 1. The van der Waals surface area contributed by atoms with Gasteiger partial charge in [-0.2, -0.15) is 0 Å². The van der Waals surface area contributed by atoms with E-state index in [-0.39, 0.29) is 17.9 Å². The Morgan fingerprint density at radius 2 is 2.06 bits per heavy atom. The van der Waals surface area contributed by atoms with Gasteiger partial charge in [-0.25, -0.2) is 0 Å². The standard InChI is InChI=1S/C24H22N2O4S/c1-3-30-18-8-4-7-17(12-18)21(27)19-20(23-15(2)9-11-31-23)26(24(29)22(19)28)14-16-6-5-10-25-13-16/h4-13,20,27H,3,14H2,1-2H3/b21-19-. The fourth-order valence-corrected chi connectivity index (χ4v) is 4.77. The molecular weight excluding hydrogens is 412 g/mol. The Balaban J connectivity index is 1.84. The summed E-state index contributed by atoms with van der Waals surface area (Å²) in [4.78, 5) is 32.6. The number of carbonyl (C=O) groups is 2. The summed E-state index contributed by atoms with van der Waals surface area (Å²) in [7, 11) is 0. The van der Waals surface area contributed by atoms with Gasteiger partial charge >= 0.3 is 0 Å². The van der Waals surface area contributed by atoms with Crippen LogP contribution in [0.3, 0.4) is 0 Å². The van der Waals surface area contributed by atoms with Crippen molar-refractivity contribution < 1.29 is 19.4 Å². The first-order valence-electron chi connectivity index (χ1n) is 9.95. The van der Waals surface area contributed by atoms with Crippen LogP contribution in [0.5, 0.6) is 5.75 Å². The van der Waals surface area contributed by atoms with Crippen molar-refractivity contribution in [2.45, 2.75) is 26.4 Å². The van der Waals surface area contributed by atoms with Gasteiger partial charge in [0.05, 0.1) is 12.2 Å². The molecule has 1 aliphatic heterocycles. The molecule has 6 nitrogen and oxygen atoms in total. The largest absolute Gasteiger partial charge is 0.507 e. The smallest absolute Gasteiger partial charge is 0.295 e. The SMILES string of the molecule is CCOc1cccc(/C(O)=C2/C(=O)C(=O)N(Cc3cccnc3)C2c2sccc2C)c1. The Labute approximate surface area is 184 Å². The fraction of sp³-hybridized carbons (Fsp3) is 0.208. The fourth-order valence-electron chi connectivity index (χ4n) is 3.72. The van der Waals surface area contributed by atoms with Crippen LogP contribution in [0.1, 0.15) is 34.5 Å². The van der Waals surface area contributed by atoms with E-state index in [0.29, 0.717) is 17.9 Å². The number of hydrogen-bond donors (Lipinski definition) is 1. The van der Waals surface area contributed by atoms with Crippen LogP contribution in [0.25, 0.3) is 5.76 Å². The van der Waals surface area contributed by atoms with Gasteiger partial charge in [-0.15, -0.1) is 11.3 Å². The number of aromatic nitrogens is 1. The number of aliphatic hydroxyl groups is 1. The third-order valence-corrected chi connectivity index (χ3v) is 6.26. The number of hydrogen-bond acceptors (Lipinski definition) is 6. The van der Waals surface area contributed by atoms with E-state index in [1.807, 2.05) is 31.4 Å². The number of aryl methyl sites for hydroxylation is 1. The van der Waals surface area contributed by atoms with Gasteiger partial charge in [0.15, 0.2) is 0 Å². The molecule has 7 heteroatoms. The average molecular weight is 435 g/mol. The Morgan fingerprint density at radius 3 is 2.74 bits per heavy atom. The highest BCUT2D eigenvalue weighted by molar-refractivity contribution is 7.10. The quantitative estimate of drug-likeness (QED) is 0.352. The number of likely N-dealkylation sites (tertiary alicyclic amines) is 1. The van der Waals surface area contributed by atoms with Crippen LogP contribution in [0.2, 0.25) is 0 Å². The third kappa shape index (κ3) is 3.96. The molecule has 0 bridgehead atoms. The van der Waals surface area contributed by atoms with Crippen molar-refractivity contribution >= 4 is 28.8 Å². The average Bonchev–Trinajstić information content (AvgIpc) is 3.30. The zero-order valence-electron chi connectivity index (χ0n) is 17.2. The number of carbonyl (C=O) groups excluding carboxylic acids is 2. The van der Waals surface area contributed by atoms with E-state index >= 15 is 0 Å². The van der Waals surface area contributed by atoms with Gasteiger partial charge in [0.2, 0.25) is 0 Å². The van der Waals surface area contributed by atoms with E-state index < -0.39 is 17.7 Å². The maximum Gasteiger partial charge on any atom is 0.295 e. The van der Waals surface area contributed by atoms with Crippen LogP contribution in [-0.2, 0) is 16.1 Å². The van der Waals surface area contributed by atoms with Crippen LogP contribution >= 0.6 is 11.3 Å². The molecule has 0 aliphatic carbocycles. The molecule has 0 saturated carbocycles. The third-order valence-electron chi connectivity index (χ3n) is 5.18. The van der Waals surface area contributed by atoms with Crippen molar-refractivity contribution in [2.75, 3.05) is 6.61 Å². The molecular formula is C24H22N2O4S. The number of Topliss-reactive ketones (excluding diaryl/α,β-unsaturated/α-hetero) is 1. The summed E-state index contributed by atoms with van der Waals surface area (Å²) >= 11 is 1.46. The summed E-state index contributed by atoms with van der Waals surface area (Å²) in [6, 6.07) is 11.8. The molecule has 1 fully saturated rings. The number of benzene rings is 1. The number of rotatable bonds is 6. The maximum absolute atomic E-state index is 13.1. The summed E-state index contributed by atoms with van der Waals surface area (Å²) in [5, 5.41) is 13.1. The lowest BCUT2D eigenvalue weighted by Gasteiger charge is -2.25. The molecule has 1 unspecified atom stereocenters. The number of ketones is 1. The minimum atomic E-state index is -0.694. The molecule has 1 saturated heterocycles. The molecule has 1 atom stereocenters. The first kappa shape index (κ1) is 20.8. The van der Waals surface area contributed by atoms with E-state index in [9.17, 15) is 14.7 Å². The lowest BCUT2D eigenvalue weighted by Crippen LogP contribution is -2.29. The highest BCUT2D eigenvalue weighted by Gasteiger charge is 2.47. The van der Waals surface area contributed by atoms with Crippen molar-refractivity contribution in [1.82, 2.24) is 9.88 Å². The van der Waals surface area contributed by atoms with Crippen molar-refractivity contribution in [1.29, 1.82) is 0 Å². The molecule has 1 amide bonds. The van der Waals surface area contributed by atoms with Gasteiger partial charge in [0, 0.05) is 29.4 Å². The Morgan fingerprint density at radius 1 is 1.23 bits per heavy atom. The van der Waals surface area contributed by atoms with E-state index in [1.54, 1.807) is 42.7 Å². The van der Waals surface area contributed by atoms with E-state index in [4.69, 9.17) is 4.74 Å². The predicted octanol–water partition coefficient (Wildman–Crippen LogP) is 4.47. The lowest BCUT2D eigenvalue weighted by molar-refractivity contribution is -0.140. The van der Waals surface area contributed by atoms with Crippen molar-refractivity contribution in [2.24, 2.45) is 0 Å². The van der Waals surface area contributed by atoms with E-state index in [2.05, 4.69) is 4.98 Å². The van der Waals surface area contributed by atoms with Gasteiger partial charge in [-0.05, 0) is 54.6 Å². The Hall–Kier alpha value is -3.45. The highest BCUT2D eigenvalue weighted by atomic mass is 32.1. The van der Waals surface area contributed by atoms with Gasteiger partial charge < -0.3 is 14.7 Å². The first-order valence-corrected chi connectivity index (χ1v) is 10.8. The van der Waals surface area contributed by atoms with Gasteiger partial charge in [0.25, 0.3) is 11.7 Å². The maximum atomic E-state index is 13.1. The molecule has 4 rings (SSSR count). The molecule has 3 aromatic rings. The summed E-state index contributed by atoms with van der Waals surface area (Å²) in [6.07, 6.45) is 3.33. The molecule has 1 N–H and O–H groups in total. The summed E-state index contributed by atoms with van der Waals surface area (Å²) in [5.74, 6) is -0.948. The van der Waals surface area contributed by atoms with Crippen molar-refractivity contribution in [3.63, 3.8) is 0 Å². The van der Waals surface area contributed by atoms with Gasteiger partial charge in [-0.3, -0.25) is 14.6 Å². The zero-order chi connectivity index (χ0) is 22.0. The summed E-state index contributed by atoms with van der Waals surface area (Å²) < 4.78 is 5.52. The molecule has 3 heterocycles. The van der Waals surface area contributed by atoms with E-state index in [0.717, 1.165) is 16.0 Å². The highest BCUT2D eigenvalue weighted by Crippen LogP contribution is 2.43. The van der Waals surface area contributed by atoms with Crippen LogP contribution in [-0.4, -0.2) is 33.3 Å². The molecule has 158 valence electrons.